The minimum Gasteiger partial charge on any atom is -0.478 e. The zero-order chi connectivity index (χ0) is 15.9. The molecule has 0 unspecified atom stereocenters. The van der Waals surface area contributed by atoms with E-state index in [2.05, 4.69) is 9.88 Å². The Morgan fingerprint density at radius 2 is 1.68 bits per heavy atom. The van der Waals surface area contributed by atoms with Crippen LogP contribution >= 0.6 is 0 Å². The van der Waals surface area contributed by atoms with E-state index in [0.717, 1.165) is 32.3 Å². The summed E-state index contributed by atoms with van der Waals surface area (Å²) in [5.41, 5.74) is 1.16. The molecule has 6 heteroatoms. The molecule has 0 saturated carbocycles. The number of carboxylic acid groups (broad SMARTS) is 1. The van der Waals surface area contributed by atoms with Crippen molar-refractivity contribution in [2.75, 3.05) is 33.2 Å². The number of rotatable bonds is 4. The summed E-state index contributed by atoms with van der Waals surface area (Å²) in [6, 6.07) is 5.25. The van der Waals surface area contributed by atoms with Crippen LogP contribution in [0.25, 0.3) is 12.2 Å². The van der Waals surface area contributed by atoms with Crippen LogP contribution in [0.5, 0.6) is 0 Å². The molecular weight excluding hydrogens is 282 g/mol. The SMILES string of the molecule is CN1CCN(C(=O)C=Cc2cccc(C=CC(=O)O)n2)CC1. The fraction of sp³-hybridized carbons (Fsp3) is 0.312. The van der Waals surface area contributed by atoms with E-state index in [9.17, 15) is 9.59 Å². The van der Waals surface area contributed by atoms with Gasteiger partial charge in [-0.2, -0.15) is 0 Å². The van der Waals surface area contributed by atoms with Crippen LogP contribution in [0.3, 0.4) is 0 Å². The second-order valence-corrected chi connectivity index (χ2v) is 5.12. The quantitative estimate of drug-likeness (QED) is 0.839. The first kappa shape index (κ1) is 15.9. The lowest BCUT2D eigenvalue weighted by Crippen LogP contribution is -2.46. The zero-order valence-electron chi connectivity index (χ0n) is 12.5. The molecule has 1 aromatic heterocycles. The van der Waals surface area contributed by atoms with Crippen molar-refractivity contribution in [3.05, 3.63) is 41.7 Å². The molecule has 2 rings (SSSR count). The summed E-state index contributed by atoms with van der Waals surface area (Å²) in [5.74, 6) is -1.05. The molecule has 0 aliphatic carbocycles. The monoisotopic (exact) mass is 301 g/mol. The summed E-state index contributed by atoms with van der Waals surface area (Å²) in [6.45, 7) is 3.23. The van der Waals surface area contributed by atoms with Crippen LogP contribution in [-0.2, 0) is 9.59 Å². The molecule has 1 N–H and O–H groups in total. The Balaban J connectivity index is 1.99. The van der Waals surface area contributed by atoms with Gasteiger partial charge in [0.2, 0.25) is 5.91 Å². The van der Waals surface area contributed by atoms with Gasteiger partial charge in [0.15, 0.2) is 0 Å². The topological polar surface area (TPSA) is 73.7 Å². The zero-order valence-corrected chi connectivity index (χ0v) is 12.5. The van der Waals surface area contributed by atoms with Gasteiger partial charge in [-0.3, -0.25) is 4.79 Å². The Kier molecular flexibility index (Phi) is 5.43. The van der Waals surface area contributed by atoms with Gasteiger partial charge in [-0.05, 0) is 31.3 Å². The number of likely N-dealkylation sites (N-methyl/N-ethyl adjacent to an activating group) is 1. The maximum absolute atomic E-state index is 12.1. The van der Waals surface area contributed by atoms with Gasteiger partial charge < -0.3 is 14.9 Å². The maximum atomic E-state index is 12.1. The maximum Gasteiger partial charge on any atom is 0.328 e. The normalized spacial score (nSPS) is 16.5. The summed E-state index contributed by atoms with van der Waals surface area (Å²) in [6.07, 6.45) is 5.62. The first-order valence-electron chi connectivity index (χ1n) is 7.08. The van der Waals surface area contributed by atoms with Gasteiger partial charge in [-0.25, -0.2) is 9.78 Å². The van der Waals surface area contributed by atoms with E-state index >= 15 is 0 Å². The summed E-state index contributed by atoms with van der Waals surface area (Å²) >= 11 is 0. The van der Waals surface area contributed by atoms with Crippen LogP contribution in [0.15, 0.2) is 30.4 Å². The van der Waals surface area contributed by atoms with Crippen molar-refractivity contribution >= 4 is 24.0 Å². The first-order valence-corrected chi connectivity index (χ1v) is 7.08. The number of hydrogen-bond acceptors (Lipinski definition) is 4. The molecule has 22 heavy (non-hydrogen) atoms. The highest BCUT2D eigenvalue weighted by Crippen LogP contribution is 2.05. The molecule has 0 radical (unpaired) electrons. The average molecular weight is 301 g/mol. The van der Waals surface area contributed by atoms with Crippen molar-refractivity contribution in [1.82, 2.24) is 14.8 Å². The Morgan fingerprint density at radius 1 is 1.09 bits per heavy atom. The van der Waals surface area contributed by atoms with Crippen LogP contribution in [0.2, 0.25) is 0 Å². The molecule has 1 aromatic rings. The van der Waals surface area contributed by atoms with Gasteiger partial charge in [-0.1, -0.05) is 6.07 Å². The average Bonchev–Trinajstić information content (AvgIpc) is 2.52. The highest BCUT2D eigenvalue weighted by molar-refractivity contribution is 5.91. The van der Waals surface area contributed by atoms with Crippen LogP contribution < -0.4 is 0 Å². The minimum atomic E-state index is -1.02. The molecule has 2 heterocycles. The minimum absolute atomic E-state index is 0.0265. The number of nitrogens with zero attached hydrogens (tertiary/aromatic N) is 3. The number of pyridine rings is 1. The molecule has 0 spiro atoms. The number of aromatic nitrogens is 1. The Bertz CT molecular complexity index is 602. The second-order valence-electron chi connectivity index (χ2n) is 5.12. The first-order chi connectivity index (χ1) is 10.5. The standard InChI is InChI=1S/C16H19N3O3/c1-18-9-11-19(12-10-18)15(20)7-5-13-3-2-4-14(17-13)6-8-16(21)22/h2-8H,9-12H2,1H3,(H,21,22). The number of aliphatic carboxylic acids is 1. The largest absolute Gasteiger partial charge is 0.478 e. The number of carbonyl (C=O) groups excluding carboxylic acids is 1. The highest BCUT2D eigenvalue weighted by Gasteiger charge is 2.16. The summed E-state index contributed by atoms with van der Waals surface area (Å²) in [7, 11) is 2.04. The Morgan fingerprint density at radius 3 is 2.27 bits per heavy atom. The van der Waals surface area contributed by atoms with Crippen molar-refractivity contribution in [1.29, 1.82) is 0 Å². The molecule has 116 valence electrons. The van der Waals surface area contributed by atoms with E-state index in [0.29, 0.717) is 11.4 Å². The lowest BCUT2D eigenvalue weighted by atomic mass is 10.2. The van der Waals surface area contributed by atoms with Gasteiger partial charge in [-0.15, -0.1) is 0 Å². The van der Waals surface area contributed by atoms with Crippen molar-refractivity contribution in [3.63, 3.8) is 0 Å². The lowest BCUT2D eigenvalue weighted by molar-refractivity contribution is -0.131. The molecule has 0 atom stereocenters. The van der Waals surface area contributed by atoms with E-state index in [1.54, 1.807) is 24.3 Å². The third kappa shape index (κ3) is 4.82. The fourth-order valence-electron chi connectivity index (χ4n) is 2.10. The Labute approximate surface area is 129 Å². The molecule has 0 aromatic carbocycles. The number of amides is 1. The molecular formula is C16H19N3O3. The van der Waals surface area contributed by atoms with Crippen molar-refractivity contribution in [3.8, 4) is 0 Å². The molecule has 1 fully saturated rings. The third-order valence-electron chi connectivity index (χ3n) is 3.40. The third-order valence-corrected chi connectivity index (χ3v) is 3.40. The van der Waals surface area contributed by atoms with Crippen LogP contribution in [-0.4, -0.2) is 65.0 Å². The predicted molar refractivity (Wildman–Crippen MR) is 84.0 cm³/mol. The predicted octanol–water partition coefficient (Wildman–Crippen LogP) is 0.967. The molecule has 1 aliphatic rings. The number of carbonyl (C=O) groups is 2. The molecule has 0 bridgehead atoms. The second kappa shape index (κ2) is 7.51. The van der Waals surface area contributed by atoms with Gasteiger partial charge in [0, 0.05) is 38.3 Å². The Hall–Kier alpha value is -2.47. The van der Waals surface area contributed by atoms with Gasteiger partial charge >= 0.3 is 5.97 Å². The van der Waals surface area contributed by atoms with Gasteiger partial charge in [0.25, 0.3) is 0 Å². The molecule has 1 aliphatic heterocycles. The summed E-state index contributed by atoms with van der Waals surface area (Å²) in [5, 5.41) is 8.60. The van der Waals surface area contributed by atoms with Crippen LogP contribution in [0, 0.1) is 0 Å². The molecule has 1 amide bonds. The van der Waals surface area contributed by atoms with Crippen molar-refractivity contribution < 1.29 is 14.7 Å². The number of carboxylic acids is 1. The van der Waals surface area contributed by atoms with E-state index in [1.807, 2.05) is 11.9 Å². The summed E-state index contributed by atoms with van der Waals surface area (Å²) < 4.78 is 0. The van der Waals surface area contributed by atoms with Gasteiger partial charge in [0.1, 0.15) is 0 Å². The molecule has 1 saturated heterocycles. The van der Waals surface area contributed by atoms with Crippen LogP contribution in [0.1, 0.15) is 11.4 Å². The van der Waals surface area contributed by atoms with E-state index in [1.165, 1.54) is 12.2 Å². The molecule has 6 nitrogen and oxygen atoms in total. The van der Waals surface area contributed by atoms with E-state index in [-0.39, 0.29) is 5.91 Å². The van der Waals surface area contributed by atoms with Crippen molar-refractivity contribution in [2.24, 2.45) is 0 Å². The van der Waals surface area contributed by atoms with E-state index in [4.69, 9.17) is 5.11 Å². The summed E-state index contributed by atoms with van der Waals surface area (Å²) in [4.78, 5) is 30.8. The van der Waals surface area contributed by atoms with Crippen molar-refractivity contribution in [2.45, 2.75) is 0 Å². The van der Waals surface area contributed by atoms with E-state index < -0.39 is 5.97 Å². The van der Waals surface area contributed by atoms with Gasteiger partial charge in [0.05, 0.1) is 11.4 Å². The van der Waals surface area contributed by atoms with Crippen LogP contribution in [0.4, 0.5) is 0 Å². The number of hydrogen-bond donors (Lipinski definition) is 1. The highest BCUT2D eigenvalue weighted by atomic mass is 16.4. The number of piperazine rings is 1. The lowest BCUT2D eigenvalue weighted by Gasteiger charge is -2.31. The smallest absolute Gasteiger partial charge is 0.328 e. The fourth-order valence-corrected chi connectivity index (χ4v) is 2.10.